The zero-order valence-corrected chi connectivity index (χ0v) is 16.7. The highest BCUT2D eigenvalue weighted by Crippen LogP contribution is 2.40. The van der Waals surface area contributed by atoms with Gasteiger partial charge >= 0.3 is 0 Å². The number of anilines is 1. The van der Waals surface area contributed by atoms with Crippen LogP contribution in [-0.4, -0.2) is 31.8 Å². The molecule has 1 saturated carbocycles. The standard InChI is InChI=1S/C19H25N5O2S/c1-11-5-4-6-12(2)16(11)21-18(26)13(3)27-19-23-22-17(14-7-8-14)24(19)10-9-15(20)25/h4-6,13-14H,7-10H2,1-3H3,(H2,20,25)(H,21,26). The van der Waals surface area contributed by atoms with E-state index in [1.54, 1.807) is 0 Å². The van der Waals surface area contributed by atoms with Gasteiger partial charge in [-0.05, 0) is 44.7 Å². The molecule has 1 aliphatic rings. The van der Waals surface area contributed by atoms with Crippen molar-refractivity contribution >= 4 is 29.3 Å². The van der Waals surface area contributed by atoms with Gasteiger partial charge in [-0.15, -0.1) is 10.2 Å². The molecule has 2 amide bonds. The van der Waals surface area contributed by atoms with Gasteiger partial charge in [-0.1, -0.05) is 30.0 Å². The molecule has 27 heavy (non-hydrogen) atoms. The second-order valence-corrected chi connectivity index (χ2v) is 8.31. The van der Waals surface area contributed by atoms with E-state index < -0.39 is 0 Å². The SMILES string of the molecule is Cc1cccc(C)c1NC(=O)C(C)Sc1nnc(C2CC2)n1CCC(N)=O. The Balaban J connectivity index is 1.72. The van der Waals surface area contributed by atoms with E-state index in [-0.39, 0.29) is 23.5 Å². The number of nitrogens with two attached hydrogens (primary N) is 1. The van der Waals surface area contributed by atoms with Crippen LogP contribution in [0.1, 0.15) is 49.1 Å². The zero-order chi connectivity index (χ0) is 19.6. The van der Waals surface area contributed by atoms with E-state index in [1.165, 1.54) is 11.8 Å². The largest absolute Gasteiger partial charge is 0.370 e. The molecule has 3 rings (SSSR count). The van der Waals surface area contributed by atoms with E-state index in [4.69, 9.17) is 5.73 Å². The molecule has 0 radical (unpaired) electrons. The van der Waals surface area contributed by atoms with Gasteiger partial charge in [0.05, 0.1) is 5.25 Å². The van der Waals surface area contributed by atoms with Gasteiger partial charge in [-0.2, -0.15) is 0 Å². The maximum Gasteiger partial charge on any atom is 0.237 e. The van der Waals surface area contributed by atoms with E-state index in [0.29, 0.717) is 17.6 Å². The van der Waals surface area contributed by atoms with Crippen molar-refractivity contribution in [2.75, 3.05) is 5.32 Å². The number of rotatable bonds is 8. The molecule has 1 aliphatic carbocycles. The molecule has 3 N–H and O–H groups in total. The molecule has 0 bridgehead atoms. The van der Waals surface area contributed by atoms with Crippen LogP contribution in [0.2, 0.25) is 0 Å². The van der Waals surface area contributed by atoms with Gasteiger partial charge in [-0.25, -0.2) is 0 Å². The maximum atomic E-state index is 12.7. The quantitative estimate of drug-likeness (QED) is 0.678. The monoisotopic (exact) mass is 387 g/mol. The van der Waals surface area contributed by atoms with Crippen molar-refractivity contribution in [3.05, 3.63) is 35.2 Å². The molecule has 1 unspecified atom stereocenters. The smallest absolute Gasteiger partial charge is 0.237 e. The molecule has 1 heterocycles. The van der Waals surface area contributed by atoms with Crippen molar-refractivity contribution < 1.29 is 9.59 Å². The van der Waals surface area contributed by atoms with Crippen molar-refractivity contribution in [3.8, 4) is 0 Å². The summed E-state index contributed by atoms with van der Waals surface area (Å²) in [5.74, 6) is 0.844. The van der Waals surface area contributed by atoms with Crippen LogP contribution in [0, 0.1) is 13.8 Å². The maximum absolute atomic E-state index is 12.7. The summed E-state index contributed by atoms with van der Waals surface area (Å²) in [4.78, 5) is 23.9. The number of amides is 2. The van der Waals surface area contributed by atoms with Crippen LogP contribution in [0.15, 0.2) is 23.4 Å². The van der Waals surface area contributed by atoms with Crippen LogP contribution in [-0.2, 0) is 16.1 Å². The zero-order valence-electron chi connectivity index (χ0n) is 15.9. The number of para-hydroxylation sites is 1. The topological polar surface area (TPSA) is 103 Å². The van der Waals surface area contributed by atoms with E-state index in [1.807, 2.05) is 43.5 Å². The molecule has 0 spiro atoms. The van der Waals surface area contributed by atoms with E-state index in [2.05, 4.69) is 15.5 Å². The summed E-state index contributed by atoms with van der Waals surface area (Å²) < 4.78 is 1.94. The van der Waals surface area contributed by atoms with Crippen molar-refractivity contribution in [2.45, 2.75) is 62.9 Å². The Morgan fingerprint density at radius 2 is 1.96 bits per heavy atom. The number of nitrogens with one attached hydrogen (secondary N) is 1. The normalized spacial score (nSPS) is 14.8. The highest BCUT2D eigenvalue weighted by Gasteiger charge is 2.31. The number of primary amides is 1. The van der Waals surface area contributed by atoms with Gasteiger partial charge in [0.25, 0.3) is 0 Å². The fourth-order valence-electron chi connectivity index (χ4n) is 2.91. The third-order valence-corrected chi connectivity index (χ3v) is 5.73. The van der Waals surface area contributed by atoms with Crippen molar-refractivity contribution in [2.24, 2.45) is 5.73 Å². The average Bonchev–Trinajstić information content (AvgIpc) is 3.38. The highest BCUT2D eigenvalue weighted by atomic mass is 32.2. The number of nitrogens with zero attached hydrogens (tertiary/aromatic N) is 3. The molecule has 2 aromatic rings. The second kappa shape index (κ2) is 8.12. The fraction of sp³-hybridized carbons (Fsp3) is 0.474. The first kappa shape index (κ1) is 19.4. The van der Waals surface area contributed by atoms with Crippen LogP contribution >= 0.6 is 11.8 Å². The Morgan fingerprint density at radius 3 is 2.56 bits per heavy atom. The van der Waals surface area contributed by atoms with Gasteiger partial charge < -0.3 is 15.6 Å². The summed E-state index contributed by atoms with van der Waals surface area (Å²) in [6.45, 7) is 6.24. The Kier molecular flexibility index (Phi) is 5.84. The van der Waals surface area contributed by atoms with Crippen LogP contribution in [0.25, 0.3) is 0 Å². The minimum atomic E-state index is -0.359. The van der Waals surface area contributed by atoms with Crippen molar-refractivity contribution in [1.29, 1.82) is 0 Å². The second-order valence-electron chi connectivity index (χ2n) is 7.00. The van der Waals surface area contributed by atoms with Gasteiger partial charge in [0.1, 0.15) is 5.82 Å². The van der Waals surface area contributed by atoms with Crippen molar-refractivity contribution in [1.82, 2.24) is 14.8 Å². The van der Waals surface area contributed by atoms with Crippen LogP contribution in [0.4, 0.5) is 5.69 Å². The lowest BCUT2D eigenvalue weighted by Crippen LogP contribution is -2.24. The molecular formula is C19H25N5O2S. The Hall–Kier alpha value is -2.35. The van der Waals surface area contributed by atoms with Crippen molar-refractivity contribution in [3.63, 3.8) is 0 Å². The summed E-state index contributed by atoms with van der Waals surface area (Å²) in [6.07, 6.45) is 2.40. The predicted octanol–water partition coefficient (Wildman–Crippen LogP) is 2.77. The number of aromatic nitrogens is 3. The first-order valence-electron chi connectivity index (χ1n) is 9.12. The minimum Gasteiger partial charge on any atom is -0.370 e. The Labute approximate surface area is 163 Å². The fourth-order valence-corrected chi connectivity index (χ4v) is 3.79. The van der Waals surface area contributed by atoms with Gasteiger partial charge in [0.2, 0.25) is 11.8 Å². The number of aryl methyl sites for hydroxylation is 2. The lowest BCUT2D eigenvalue weighted by Gasteiger charge is -2.16. The molecule has 0 aliphatic heterocycles. The summed E-state index contributed by atoms with van der Waals surface area (Å²) in [7, 11) is 0. The highest BCUT2D eigenvalue weighted by molar-refractivity contribution is 8.00. The molecule has 8 heteroatoms. The third kappa shape index (κ3) is 4.68. The number of thioether (sulfide) groups is 1. The third-order valence-electron chi connectivity index (χ3n) is 4.65. The van der Waals surface area contributed by atoms with E-state index >= 15 is 0 Å². The van der Waals surface area contributed by atoms with Gasteiger partial charge in [-0.3, -0.25) is 9.59 Å². The summed E-state index contributed by atoms with van der Waals surface area (Å²) >= 11 is 1.35. The number of hydrogen-bond acceptors (Lipinski definition) is 5. The number of benzene rings is 1. The molecule has 144 valence electrons. The van der Waals surface area contributed by atoms with Crippen LogP contribution in [0.3, 0.4) is 0 Å². The Bertz CT molecular complexity index is 840. The summed E-state index contributed by atoms with van der Waals surface area (Å²) in [6, 6.07) is 5.92. The van der Waals surface area contributed by atoms with E-state index in [0.717, 1.165) is 35.5 Å². The number of hydrogen-bond donors (Lipinski definition) is 2. The number of carbonyl (C=O) groups is 2. The molecule has 1 atom stereocenters. The number of carbonyl (C=O) groups excluding carboxylic acids is 2. The molecule has 1 aromatic heterocycles. The Morgan fingerprint density at radius 1 is 1.30 bits per heavy atom. The lowest BCUT2D eigenvalue weighted by atomic mass is 10.1. The summed E-state index contributed by atoms with van der Waals surface area (Å²) in [5.41, 5.74) is 8.21. The van der Waals surface area contributed by atoms with E-state index in [9.17, 15) is 9.59 Å². The van der Waals surface area contributed by atoms with Crippen LogP contribution in [0.5, 0.6) is 0 Å². The van der Waals surface area contributed by atoms with Gasteiger partial charge in [0, 0.05) is 24.6 Å². The molecule has 0 saturated heterocycles. The molecule has 1 fully saturated rings. The molecule has 7 nitrogen and oxygen atoms in total. The average molecular weight is 388 g/mol. The first-order chi connectivity index (χ1) is 12.9. The summed E-state index contributed by atoms with van der Waals surface area (Å²) in [5, 5.41) is 11.9. The van der Waals surface area contributed by atoms with Gasteiger partial charge in [0.15, 0.2) is 5.16 Å². The molecular weight excluding hydrogens is 362 g/mol. The minimum absolute atomic E-state index is 0.0881. The van der Waals surface area contributed by atoms with Crippen LogP contribution < -0.4 is 11.1 Å². The predicted molar refractivity (Wildman–Crippen MR) is 106 cm³/mol. The lowest BCUT2D eigenvalue weighted by molar-refractivity contribution is -0.118. The molecule has 1 aromatic carbocycles. The first-order valence-corrected chi connectivity index (χ1v) is 10.00.